The molecular formula is C12H21N3O. The maximum absolute atomic E-state index is 5.03. The van der Waals surface area contributed by atoms with E-state index in [0.29, 0.717) is 0 Å². The fraction of sp³-hybridized carbons (Fsp3) is 0.583. The smallest absolute Gasteiger partial charge is 0.0589 e. The summed E-state index contributed by atoms with van der Waals surface area (Å²) >= 11 is 0. The number of methoxy groups -OCH3 is 1. The predicted molar refractivity (Wildman–Crippen MR) is 66.8 cm³/mol. The van der Waals surface area contributed by atoms with Crippen molar-refractivity contribution in [1.29, 1.82) is 0 Å². The lowest BCUT2D eigenvalue weighted by Crippen LogP contribution is -2.28. The lowest BCUT2D eigenvalue weighted by atomic mass is 10.2. The zero-order valence-electron chi connectivity index (χ0n) is 10.4. The van der Waals surface area contributed by atoms with Gasteiger partial charge >= 0.3 is 0 Å². The van der Waals surface area contributed by atoms with Crippen molar-refractivity contribution in [2.24, 2.45) is 0 Å². The van der Waals surface area contributed by atoms with Crippen molar-refractivity contribution in [2.75, 3.05) is 45.7 Å². The second kappa shape index (κ2) is 7.19. The highest BCUT2D eigenvalue weighted by atomic mass is 16.5. The minimum atomic E-state index is 0.783. The molecule has 1 N–H and O–H groups in total. The Hall–Kier alpha value is -1.13. The van der Waals surface area contributed by atoms with Crippen molar-refractivity contribution < 1.29 is 4.74 Å². The fourth-order valence-electron chi connectivity index (χ4n) is 1.41. The lowest BCUT2D eigenvalue weighted by Gasteiger charge is -2.17. The Morgan fingerprint density at radius 1 is 1.44 bits per heavy atom. The molecular weight excluding hydrogens is 202 g/mol. The van der Waals surface area contributed by atoms with Crippen LogP contribution in [0.2, 0.25) is 0 Å². The van der Waals surface area contributed by atoms with E-state index in [1.807, 2.05) is 18.5 Å². The van der Waals surface area contributed by atoms with Crippen LogP contribution in [0.5, 0.6) is 0 Å². The van der Waals surface area contributed by atoms with E-state index in [9.17, 15) is 0 Å². The normalized spacial score (nSPS) is 10.8. The third-order valence-electron chi connectivity index (χ3n) is 2.51. The van der Waals surface area contributed by atoms with E-state index in [0.717, 1.165) is 31.9 Å². The van der Waals surface area contributed by atoms with Crippen LogP contribution < -0.4 is 5.32 Å². The first-order valence-electron chi connectivity index (χ1n) is 5.56. The Bertz CT molecular complexity index is 304. The van der Waals surface area contributed by atoms with Crippen molar-refractivity contribution in [1.82, 2.24) is 9.88 Å². The molecule has 4 heteroatoms. The van der Waals surface area contributed by atoms with E-state index in [-0.39, 0.29) is 0 Å². The van der Waals surface area contributed by atoms with Gasteiger partial charge in [0, 0.05) is 44.8 Å². The summed E-state index contributed by atoms with van der Waals surface area (Å²) in [5, 5.41) is 3.40. The highest BCUT2D eigenvalue weighted by Crippen LogP contribution is 2.10. The molecule has 0 saturated heterocycles. The maximum Gasteiger partial charge on any atom is 0.0589 e. The molecule has 0 aromatic carbocycles. The molecule has 1 aromatic heterocycles. The van der Waals surface area contributed by atoms with E-state index >= 15 is 0 Å². The van der Waals surface area contributed by atoms with Gasteiger partial charge in [-0.3, -0.25) is 4.98 Å². The number of pyridine rings is 1. The number of rotatable bonds is 7. The number of aromatic nitrogens is 1. The van der Waals surface area contributed by atoms with Crippen molar-refractivity contribution in [2.45, 2.75) is 6.92 Å². The molecule has 90 valence electrons. The third kappa shape index (κ3) is 4.59. The maximum atomic E-state index is 5.03. The molecule has 0 saturated carbocycles. The minimum Gasteiger partial charge on any atom is -0.383 e. The van der Waals surface area contributed by atoms with Crippen LogP contribution >= 0.6 is 0 Å². The Balaban J connectivity index is 2.23. The molecule has 4 nitrogen and oxygen atoms in total. The second-order valence-electron chi connectivity index (χ2n) is 3.91. The van der Waals surface area contributed by atoms with Gasteiger partial charge in [0.05, 0.1) is 6.61 Å². The van der Waals surface area contributed by atoms with E-state index in [1.165, 1.54) is 5.56 Å². The van der Waals surface area contributed by atoms with Crippen molar-refractivity contribution >= 4 is 5.69 Å². The molecule has 0 aliphatic heterocycles. The van der Waals surface area contributed by atoms with Crippen LogP contribution in [0.4, 0.5) is 5.69 Å². The van der Waals surface area contributed by atoms with Gasteiger partial charge in [0.2, 0.25) is 0 Å². The molecule has 0 spiro atoms. The molecule has 1 heterocycles. The SMILES string of the molecule is COCCN(C)CCNc1ccncc1C. The molecule has 0 amide bonds. The van der Waals surface area contributed by atoms with Crippen LogP contribution in [-0.2, 0) is 4.74 Å². The van der Waals surface area contributed by atoms with Crippen LogP contribution in [-0.4, -0.2) is 50.3 Å². The predicted octanol–water partition coefficient (Wildman–Crippen LogP) is 1.38. The van der Waals surface area contributed by atoms with E-state index in [1.54, 1.807) is 7.11 Å². The fourth-order valence-corrected chi connectivity index (χ4v) is 1.41. The van der Waals surface area contributed by atoms with Crippen LogP contribution in [0.15, 0.2) is 18.5 Å². The average molecular weight is 223 g/mol. The number of nitrogens with one attached hydrogen (secondary N) is 1. The van der Waals surface area contributed by atoms with Crippen LogP contribution in [0.1, 0.15) is 5.56 Å². The van der Waals surface area contributed by atoms with Gasteiger partial charge in [-0.15, -0.1) is 0 Å². The average Bonchev–Trinajstić information content (AvgIpc) is 2.29. The minimum absolute atomic E-state index is 0.783. The van der Waals surface area contributed by atoms with Crippen molar-refractivity contribution in [3.63, 3.8) is 0 Å². The summed E-state index contributed by atoms with van der Waals surface area (Å²) in [7, 11) is 3.83. The molecule has 0 aliphatic rings. The summed E-state index contributed by atoms with van der Waals surface area (Å²) in [4.78, 5) is 6.30. The number of hydrogen-bond acceptors (Lipinski definition) is 4. The number of likely N-dealkylation sites (N-methyl/N-ethyl adjacent to an activating group) is 1. The first-order chi connectivity index (χ1) is 7.74. The molecule has 1 aromatic rings. The lowest BCUT2D eigenvalue weighted by molar-refractivity contribution is 0.163. The van der Waals surface area contributed by atoms with Gasteiger partial charge < -0.3 is 15.0 Å². The molecule has 0 atom stereocenters. The van der Waals surface area contributed by atoms with Gasteiger partial charge in [0.25, 0.3) is 0 Å². The molecule has 0 radical (unpaired) electrons. The summed E-state index contributed by atoms with van der Waals surface area (Å²) in [6, 6.07) is 2.00. The highest BCUT2D eigenvalue weighted by Gasteiger charge is 1.99. The van der Waals surface area contributed by atoms with Gasteiger partial charge in [-0.2, -0.15) is 0 Å². The van der Waals surface area contributed by atoms with Gasteiger partial charge in [0.15, 0.2) is 0 Å². The zero-order chi connectivity index (χ0) is 11.8. The summed E-state index contributed by atoms with van der Waals surface area (Å²) in [6.07, 6.45) is 3.68. The van der Waals surface area contributed by atoms with Crippen LogP contribution in [0.25, 0.3) is 0 Å². The quantitative estimate of drug-likeness (QED) is 0.758. The van der Waals surface area contributed by atoms with Gasteiger partial charge in [-0.05, 0) is 25.6 Å². The molecule has 16 heavy (non-hydrogen) atoms. The monoisotopic (exact) mass is 223 g/mol. The van der Waals surface area contributed by atoms with Gasteiger partial charge in [-0.1, -0.05) is 0 Å². The molecule has 0 unspecified atom stereocenters. The van der Waals surface area contributed by atoms with E-state index in [2.05, 4.69) is 29.2 Å². The van der Waals surface area contributed by atoms with Crippen LogP contribution in [0.3, 0.4) is 0 Å². The van der Waals surface area contributed by atoms with Crippen molar-refractivity contribution in [3.8, 4) is 0 Å². The van der Waals surface area contributed by atoms with E-state index in [4.69, 9.17) is 4.74 Å². The Kier molecular flexibility index (Phi) is 5.82. The number of hydrogen-bond donors (Lipinski definition) is 1. The standard InChI is InChI=1S/C12H21N3O/c1-11-10-13-5-4-12(11)14-6-7-15(2)8-9-16-3/h4-5,10H,6-9H2,1-3H3,(H,13,14). The molecule has 1 rings (SSSR count). The van der Waals surface area contributed by atoms with Gasteiger partial charge in [0.1, 0.15) is 0 Å². The van der Waals surface area contributed by atoms with Gasteiger partial charge in [-0.25, -0.2) is 0 Å². The first-order valence-corrected chi connectivity index (χ1v) is 5.56. The summed E-state index contributed by atoms with van der Waals surface area (Å²) in [5.74, 6) is 0. The molecule has 0 aliphatic carbocycles. The number of ether oxygens (including phenoxy) is 1. The highest BCUT2D eigenvalue weighted by molar-refractivity contribution is 5.48. The Morgan fingerprint density at radius 3 is 2.94 bits per heavy atom. The molecule has 0 fully saturated rings. The number of nitrogens with zero attached hydrogens (tertiary/aromatic N) is 2. The largest absolute Gasteiger partial charge is 0.383 e. The topological polar surface area (TPSA) is 37.4 Å². The Labute approximate surface area is 97.6 Å². The molecule has 0 bridgehead atoms. The summed E-state index contributed by atoms with van der Waals surface area (Å²) in [5.41, 5.74) is 2.34. The van der Waals surface area contributed by atoms with E-state index < -0.39 is 0 Å². The summed E-state index contributed by atoms with van der Waals surface area (Å²) in [6.45, 7) is 5.75. The van der Waals surface area contributed by atoms with Crippen molar-refractivity contribution in [3.05, 3.63) is 24.0 Å². The number of aryl methyl sites for hydroxylation is 1. The Morgan fingerprint density at radius 2 is 2.25 bits per heavy atom. The van der Waals surface area contributed by atoms with Crippen LogP contribution in [0, 0.1) is 6.92 Å². The summed E-state index contributed by atoms with van der Waals surface area (Å²) < 4.78 is 5.03. The number of anilines is 1. The zero-order valence-corrected chi connectivity index (χ0v) is 10.4. The second-order valence-corrected chi connectivity index (χ2v) is 3.91. The third-order valence-corrected chi connectivity index (χ3v) is 2.51. The first kappa shape index (κ1) is 12.9.